The molecular formula is C27H31N3O5. The van der Waals surface area contributed by atoms with E-state index in [9.17, 15) is 14.4 Å². The maximum atomic E-state index is 13.2. The fourth-order valence-electron chi connectivity index (χ4n) is 5.17. The maximum Gasteiger partial charge on any atom is 0.410 e. The van der Waals surface area contributed by atoms with E-state index in [1.807, 2.05) is 57.2 Å². The van der Waals surface area contributed by atoms with Crippen LogP contribution in [0.25, 0.3) is 0 Å². The molecule has 1 saturated carbocycles. The van der Waals surface area contributed by atoms with E-state index in [1.54, 1.807) is 18.0 Å². The van der Waals surface area contributed by atoms with Gasteiger partial charge in [-0.25, -0.2) is 4.79 Å². The lowest BCUT2D eigenvalue weighted by atomic mass is 9.90. The second kappa shape index (κ2) is 8.59. The highest BCUT2D eigenvalue weighted by atomic mass is 16.6. The molecule has 2 aromatic carbocycles. The number of hydrogen-bond acceptors (Lipinski definition) is 5. The van der Waals surface area contributed by atoms with Gasteiger partial charge in [0, 0.05) is 55.1 Å². The molecule has 2 aliphatic heterocycles. The van der Waals surface area contributed by atoms with Crippen LogP contribution >= 0.6 is 0 Å². The number of fused-ring (bicyclic) bond motifs is 2. The number of benzene rings is 2. The predicted molar refractivity (Wildman–Crippen MR) is 130 cm³/mol. The van der Waals surface area contributed by atoms with Crippen molar-refractivity contribution in [3.63, 3.8) is 0 Å². The smallest absolute Gasteiger partial charge is 0.410 e. The Balaban J connectivity index is 1.32. The molecule has 0 bridgehead atoms. The normalized spacial score (nSPS) is 24.2. The van der Waals surface area contributed by atoms with Crippen molar-refractivity contribution in [2.24, 2.45) is 11.8 Å². The van der Waals surface area contributed by atoms with E-state index in [1.165, 1.54) is 0 Å². The van der Waals surface area contributed by atoms with E-state index >= 15 is 0 Å². The predicted octanol–water partition coefficient (Wildman–Crippen LogP) is 3.17. The number of carbonyl (C=O) groups excluding carboxylic acids is 3. The summed E-state index contributed by atoms with van der Waals surface area (Å²) in [6.07, 6.45) is -0.310. The highest BCUT2D eigenvalue weighted by molar-refractivity contribution is 6.02. The fourth-order valence-corrected chi connectivity index (χ4v) is 5.17. The molecule has 3 unspecified atom stereocenters. The molecule has 0 aromatic heterocycles. The summed E-state index contributed by atoms with van der Waals surface area (Å²) in [5, 5.41) is 5.77. The lowest BCUT2D eigenvalue weighted by Crippen LogP contribution is -2.40. The molecule has 1 saturated heterocycles. The van der Waals surface area contributed by atoms with Crippen molar-refractivity contribution in [2.45, 2.75) is 38.3 Å². The third-order valence-corrected chi connectivity index (χ3v) is 6.97. The summed E-state index contributed by atoms with van der Waals surface area (Å²) in [5.41, 5.74) is 2.18. The minimum Gasteiger partial charge on any atom is -0.491 e. The lowest BCUT2D eigenvalue weighted by Gasteiger charge is -2.26. The zero-order valence-corrected chi connectivity index (χ0v) is 20.5. The standard InChI is InChI=1S/C27H31N3O5/c1-27(2,3)35-26(33)30-12-19-20(13-30)22(19)29-24(31)16-10-17-21(15-8-6-5-7-9-15)14-34-23(17)18(11-16)25(32)28-4/h5-11,19-22H,12-14H2,1-4H3,(H,28,32)(H,29,31). The van der Waals surface area contributed by atoms with Gasteiger partial charge in [-0.15, -0.1) is 0 Å². The SMILES string of the molecule is CNC(=O)c1cc(C(=O)NC2C3CN(C(=O)OC(C)(C)C)CC32)cc2c1OCC2c1ccccc1. The number of hydrogen-bond donors (Lipinski definition) is 2. The molecule has 35 heavy (non-hydrogen) atoms. The third kappa shape index (κ3) is 4.45. The van der Waals surface area contributed by atoms with Gasteiger partial charge in [0.2, 0.25) is 0 Å². The summed E-state index contributed by atoms with van der Waals surface area (Å²) in [4.78, 5) is 39.9. The molecule has 0 spiro atoms. The van der Waals surface area contributed by atoms with E-state index in [2.05, 4.69) is 10.6 Å². The number of likely N-dealkylation sites (tertiary alicyclic amines) is 1. The summed E-state index contributed by atoms with van der Waals surface area (Å²) in [6, 6.07) is 13.4. The van der Waals surface area contributed by atoms with Crippen molar-refractivity contribution in [3.8, 4) is 5.75 Å². The van der Waals surface area contributed by atoms with Crippen molar-refractivity contribution < 1.29 is 23.9 Å². The summed E-state index contributed by atoms with van der Waals surface area (Å²) in [5.74, 6) is 0.413. The average Bonchev–Trinajstić information content (AvgIpc) is 3.18. The number of ether oxygens (including phenoxy) is 2. The molecule has 0 radical (unpaired) electrons. The van der Waals surface area contributed by atoms with Crippen LogP contribution in [0.15, 0.2) is 42.5 Å². The van der Waals surface area contributed by atoms with Gasteiger partial charge in [0.15, 0.2) is 0 Å². The van der Waals surface area contributed by atoms with Crippen molar-refractivity contribution >= 4 is 17.9 Å². The Kier molecular flexibility index (Phi) is 5.69. The van der Waals surface area contributed by atoms with Crippen LogP contribution in [-0.4, -0.2) is 61.2 Å². The third-order valence-electron chi connectivity index (χ3n) is 6.97. The van der Waals surface area contributed by atoms with Crippen molar-refractivity contribution in [1.29, 1.82) is 0 Å². The van der Waals surface area contributed by atoms with Gasteiger partial charge in [-0.3, -0.25) is 9.59 Å². The number of nitrogens with one attached hydrogen (secondary N) is 2. The first-order valence-electron chi connectivity index (χ1n) is 12.0. The molecule has 2 N–H and O–H groups in total. The molecule has 2 heterocycles. The zero-order valence-electron chi connectivity index (χ0n) is 20.5. The second-order valence-electron chi connectivity index (χ2n) is 10.5. The van der Waals surface area contributed by atoms with Crippen LogP contribution in [0.5, 0.6) is 5.75 Å². The van der Waals surface area contributed by atoms with E-state index < -0.39 is 5.60 Å². The average molecular weight is 478 g/mol. The Morgan fingerprint density at radius 2 is 1.71 bits per heavy atom. The van der Waals surface area contributed by atoms with Crippen molar-refractivity contribution in [2.75, 3.05) is 26.7 Å². The Labute approximate surface area is 205 Å². The van der Waals surface area contributed by atoms with E-state index in [-0.39, 0.29) is 41.7 Å². The van der Waals surface area contributed by atoms with Crippen LogP contribution in [0, 0.1) is 11.8 Å². The number of piperidine rings is 1. The Morgan fingerprint density at radius 1 is 1.03 bits per heavy atom. The van der Waals surface area contributed by atoms with E-state index in [0.29, 0.717) is 36.6 Å². The van der Waals surface area contributed by atoms with Crippen LogP contribution in [-0.2, 0) is 4.74 Å². The molecule has 3 aliphatic rings. The number of carbonyl (C=O) groups is 3. The quantitative estimate of drug-likeness (QED) is 0.705. The fraction of sp³-hybridized carbons (Fsp3) is 0.444. The summed E-state index contributed by atoms with van der Waals surface area (Å²) in [6.45, 7) is 7.11. The van der Waals surface area contributed by atoms with Crippen molar-refractivity contribution in [3.05, 3.63) is 64.7 Å². The minimum absolute atomic E-state index is 0.0130. The molecule has 1 aliphatic carbocycles. The highest BCUT2D eigenvalue weighted by Crippen LogP contribution is 2.46. The number of nitrogens with zero attached hydrogens (tertiary/aromatic N) is 1. The lowest BCUT2D eigenvalue weighted by molar-refractivity contribution is 0.0269. The van der Waals surface area contributed by atoms with Gasteiger partial charge in [0.1, 0.15) is 11.4 Å². The monoisotopic (exact) mass is 477 g/mol. The van der Waals surface area contributed by atoms with Gasteiger partial charge >= 0.3 is 6.09 Å². The van der Waals surface area contributed by atoms with Gasteiger partial charge in [0.05, 0.1) is 12.2 Å². The molecule has 184 valence electrons. The summed E-state index contributed by atoms with van der Waals surface area (Å²) >= 11 is 0. The summed E-state index contributed by atoms with van der Waals surface area (Å²) in [7, 11) is 1.56. The van der Waals surface area contributed by atoms with Crippen LogP contribution in [0.2, 0.25) is 0 Å². The van der Waals surface area contributed by atoms with Gasteiger partial charge in [-0.05, 0) is 38.5 Å². The minimum atomic E-state index is -0.533. The van der Waals surface area contributed by atoms with Crippen LogP contribution < -0.4 is 15.4 Å². The van der Waals surface area contributed by atoms with E-state index in [0.717, 1.165) is 11.1 Å². The second-order valence-corrected chi connectivity index (χ2v) is 10.5. The van der Waals surface area contributed by atoms with Crippen molar-refractivity contribution in [1.82, 2.24) is 15.5 Å². The van der Waals surface area contributed by atoms with E-state index in [4.69, 9.17) is 9.47 Å². The Hall–Kier alpha value is -3.55. The van der Waals surface area contributed by atoms with Crippen LogP contribution in [0.3, 0.4) is 0 Å². The first-order chi connectivity index (χ1) is 16.7. The Morgan fingerprint density at radius 3 is 2.34 bits per heavy atom. The van der Waals surface area contributed by atoms with Crippen LogP contribution in [0.1, 0.15) is 58.5 Å². The molecule has 8 heteroatoms. The molecule has 2 fully saturated rings. The largest absolute Gasteiger partial charge is 0.491 e. The number of amides is 3. The summed E-state index contributed by atoms with van der Waals surface area (Å²) < 4.78 is 11.4. The molecule has 3 atom stereocenters. The molecule has 5 rings (SSSR count). The van der Waals surface area contributed by atoms with Gasteiger partial charge in [0.25, 0.3) is 11.8 Å². The Bertz CT molecular complexity index is 1160. The first kappa shape index (κ1) is 23.2. The first-order valence-corrected chi connectivity index (χ1v) is 12.0. The van der Waals surface area contributed by atoms with Gasteiger partial charge < -0.3 is 25.0 Å². The topological polar surface area (TPSA) is 97.0 Å². The molecule has 2 aromatic rings. The maximum absolute atomic E-state index is 13.2. The molecule has 3 amide bonds. The van der Waals surface area contributed by atoms with Crippen LogP contribution in [0.4, 0.5) is 4.79 Å². The zero-order chi connectivity index (χ0) is 24.9. The highest BCUT2D eigenvalue weighted by Gasteiger charge is 2.58. The number of rotatable bonds is 4. The van der Waals surface area contributed by atoms with Gasteiger partial charge in [-0.2, -0.15) is 0 Å². The molecular weight excluding hydrogens is 446 g/mol. The molecule has 8 nitrogen and oxygen atoms in total. The van der Waals surface area contributed by atoms with Gasteiger partial charge in [-0.1, -0.05) is 30.3 Å².